The van der Waals surface area contributed by atoms with Crippen LogP contribution in [0, 0.1) is 0 Å². The third kappa shape index (κ3) is 4.53. The van der Waals surface area contributed by atoms with Crippen LogP contribution in [0.1, 0.15) is 25.1 Å². The molecule has 0 bridgehead atoms. The van der Waals surface area contributed by atoms with Crippen LogP contribution in [0.2, 0.25) is 5.02 Å². The van der Waals surface area contributed by atoms with Crippen molar-refractivity contribution in [3.63, 3.8) is 0 Å². The number of aromatic nitrogens is 1. The molecule has 0 radical (unpaired) electrons. The zero-order valence-electron chi connectivity index (χ0n) is 11.8. The first-order valence-corrected chi connectivity index (χ1v) is 8.59. The average Bonchev–Trinajstić information content (AvgIpc) is 2.89. The minimum Gasteiger partial charge on any atom is -0.355 e. The largest absolute Gasteiger partial charge is 0.355 e. The van der Waals surface area contributed by atoms with Crippen LogP contribution in [0.4, 0.5) is 0 Å². The van der Waals surface area contributed by atoms with Gasteiger partial charge < -0.3 is 5.32 Å². The van der Waals surface area contributed by atoms with Gasteiger partial charge in [0.1, 0.15) is 0 Å². The number of halogens is 2. The topological polar surface area (TPSA) is 42.0 Å². The van der Waals surface area contributed by atoms with Gasteiger partial charge in [-0.15, -0.1) is 11.3 Å². The van der Waals surface area contributed by atoms with Crippen molar-refractivity contribution in [3.8, 4) is 0 Å². The molecule has 2 aromatic rings. The van der Waals surface area contributed by atoms with Crippen molar-refractivity contribution in [2.24, 2.45) is 0 Å². The summed E-state index contributed by atoms with van der Waals surface area (Å²) >= 11 is 11.2. The lowest BCUT2D eigenvalue weighted by molar-refractivity contribution is -0.120. The van der Waals surface area contributed by atoms with Gasteiger partial charge in [-0.3, -0.25) is 4.79 Å². The number of hydrogen-bond acceptors (Lipinski definition) is 3. The Morgan fingerprint density at radius 3 is 2.86 bits per heavy atom. The van der Waals surface area contributed by atoms with Gasteiger partial charge in [-0.25, -0.2) is 4.98 Å². The first-order valence-electron chi connectivity index (χ1n) is 6.48. The molecule has 1 amide bonds. The van der Waals surface area contributed by atoms with E-state index in [9.17, 15) is 4.79 Å². The van der Waals surface area contributed by atoms with Gasteiger partial charge in [0.25, 0.3) is 0 Å². The molecule has 0 spiro atoms. The summed E-state index contributed by atoms with van der Waals surface area (Å²) in [5, 5.41) is 5.54. The molecule has 0 aliphatic heterocycles. The van der Waals surface area contributed by atoms with Crippen molar-refractivity contribution in [1.82, 2.24) is 10.3 Å². The van der Waals surface area contributed by atoms with Gasteiger partial charge in [0.05, 0.1) is 17.6 Å². The SMILES string of the molecule is CC(C)(CNC(=O)Cc1cscn1)c1ccc(Br)cc1Cl. The van der Waals surface area contributed by atoms with Crippen molar-refractivity contribution in [3.05, 3.63) is 49.8 Å². The van der Waals surface area contributed by atoms with Crippen LogP contribution >= 0.6 is 38.9 Å². The number of thiazole rings is 1. The fourth-order valence-electron chi connectivity index (χ4n) is 2.00. The summed E-state index contributed by atoms with van der Waals surface area (Å²) in [5.41, 5.74) is 3.31. The molecular formula is C15H16BrClN2OS. The minimum atomic E-state index is -0.241. The van der Waals surface area contributed by atoms with Gasteiger partial charge in [0.15, 0.2) is 0 Å². The number of hydrogen-bond donors (Lipinski definition) is 1. The molecule has 112 valence electrons. The van der Waals surface area contributed by atoms with Crippen LogP contribution in [0.5, 0.6) is 0 Å². The highest BCUT2D eigenvalue weighted by molar-refractivity contribution is 9.10. The van der Waals surface area contributed by atoms with Crippen LogP contribution in [-0.2, 0) is 16.6 Å². The number of nitrogens with one attached hydrogen (secondary N) is 1. The molecule has 0 aliphatic carbocycles. The Morgan fingerprint density at radius 2 is 2.24 bits per heavy atom. The zero-order chi connectivity index (χ0) is 15.5. The number of carbonyl (C=O) groups is 1. The Balaban J connectivity index is 1.98. The smallest absolute Gasteiger partial charge is 0.226 e. The molecule has 0 atom stereocenters. The number of nitrogens with zero attached hydrogens (tertiary/aromatic N) is 1. The summed E-state index contributed by atoms with van der Waals surface area (Å²) in [4.78, 5) is 16.1. The predicted octanol–water partition coefficient (Wildman–Crippen LogP) is 4.20. The molecule has 6 heteroatoms. The number of carbonyl (C=O) groups excluding carboxylic acids is 1. The molecule has 1 heterocycles. The first-order chi connectivity index (χ1) is 9.88. The van der Waals surface area contributed by atoms with Gasteiger partial charge in [-0.1, -0.05) is 47.4 Å². The van der Waals surface area contributed by atoms with E-state index < -0.39 is 0 Å². The van der Waals surface area contributed by atoms with Crippen LogP contribution in [-0.4, -0.2) is 17.4 Å². The van der Waals surface area contributed by atoms with E-state index in [2.05, 4.69) is 40.1 Å². The van der Waals surface area contributed by atoms with Gasteiger partial charge in [0, 0.05) is 26.8 Å². The summed E-state index contributed by atoms with van der Waals surface area (Å²) in [7, 11) is 0. The quantitative estimate of drug-likeness (QED) is 0.835. The maximum absolute atomic E-state index is 11.9. The van der Waals surface area contributed by atoms with Crippen molar-refractivity contribution in [2.45, 2.75) is 25.7 Å². The normalized spacial score (nSPS) is 11.4. The van der Waals surface area contributed by atoms with Gasteiger partial charge in [-0.05, 0) is 17.7 Å². The van der Waals surface area contributed by atoms with E-state index in [4.69, 9.17) is 11.6 Å². The number of benzene rings is 1. The Labute approximate surface area is 141 Å². The van der Waals surface area contributed by atoms with Gasteiger partial charge >= 0.3 is 0 Å². The van der Waals surface area contributed by atoms with E-state index in [1.807, 2.05) is 23.6 Å². The monoisotopic (exact) mass is 386 g/mol. The molecule has 0 aliphatic rings. The number of rotatable bonds is 5. The molecular weight excluding hydrogens is 372 g/mol. The summed E-state index contributed by atoms with van der Waals surface area (Å²) in [6.45, 7) is 4.65. The lowest BCUT2D eigenvalue weighted by atomic mass is 9.84. The summed E-state index contributed by atoms with van der Waals surface area (Å²) in [6, 6.07) is 5.81. The molecule has 3 nitrogen and oxygen atoms in total. The third-order valence-corrected chi connectivity index (χ3v) is 4.65. The van der Waals surface area contributed by atoms with Crippen LogP contribution in [0.15, 0.2) is 33.6 Å². The van der Waals surface area contributed by atoms with E-state index in [1.165, 1.54) is 11.3 Å². The second-order valence-corrected chi connectivity index (χ2v) is 7.48. The average molecular weight is 388 g/mol. The molecule has 0 saturated heterocycles. The van der Waals surface area contributed by atoms with E-state index in [0.717, 1.165) is 15.7 Å². The van der Waals surface area contributed by atoms with Crippen molar-refractivity contribution >= 4 is 44.8 Å². The highest BCUT2D eigenvalue weighted by atomic mass is 79.9. The van der Waals surface area contributed by atoms with Gasteiger partial charge in [0.2, 0.25) is 5.91 Å². The Morgan fingerprint density at radius 1 is 1.48 bits per heavy atom. The van der Waals surface area contributed by atoms with E-state index in [-0.39, 0.29) is 11.3 Å². The summed E-state index contributed by atoms with van der Waals surface area (Å²) in [6.07, 6.45) is 0.313. The van der Waals surface area contributed by atoms with Crippen molar-refractivity contribution < 1.29 is 4.79 Å². The van der Waals surface area contributed by atoms with Crippen LogP contribution < -0.4 is 5.32 Å². The highest BCUT2D eigenvalue weighted by Gasteiger charge is 2.24. The predicted molar refractivity (Wildman–Crippen MR) is 91.0 cm³/mol. The highest BCUT2D eigenvalue weighted by Crippen LogP contribution is 2.31. The fraction of sp³-hybridized carbons (Fsp3) is 0.333. The summed E-state index contributed by atoms with van der Waals surface area (Å²) in [5.74, 6) is -0.0257. The second-order valence-electron chi connectivity index (χ2n) is 5.44. The second kappa shape index (κ2) is 6.90. The Kier molecular flexibility index (Phi) is 5.41. The molecule has 1 N–H and O–H groups in total. The molecule has 21 heavy (non-hydrogen) atoms. The van der Waals surface area contributed by atoms with Crippen LogP contribution in [0.25, 0.3) is 0 Å². The maximum Gasteiger partial charge on any atom is 0.226 e. The van der Waals surface area contributed by atoms with Gasteiger partial charge in [-0.2, -0.15) is 0 Å². The lowest BCUT2D eigenvalue weighted by Gasteiger charge is -2.26. The van der Waals surface area contributed by atoms with E-state index in [0.29, 0.717) is 18.0 Å². The maximum atomic E-state index is 11.9. The molecule has 1 aromatic carbocycles. The minimum absolute atomic E-state index is 0.0257. The lowest BCUT2D eigenvalue weighted by Crippen LogP contribution is -2.37. The number of amides is 1. The molecule has 1 aromatic heterocycles. The molecule has 0 unspecified atom stereocenters. The molecule has 0 fully saturated rings. The van der Waals surface area contributed by atoms with E-state index in [1.54, 1.807) is 5.51 Å². The van der Waals surface area contributed by atoms with Crippen LogP contribution in [0.3, 0.4) is 0 Å². The Hall–Kier alpha value is -0.910. The molecule has 0 saturated carbocycles. The fourth-order valence-corrected chi connectivity index (χ4v) is 3.49. The van der Waals surface area contributed by atoms with Crippen molar-refractivity contribution in [1.29, 1.82) is 0 Å². The summed E-state index contributed by atoms with van der Waals surface area (Å²) < 4.78 is 0.944. The van der Waals surface area contributed by atoms with E-state index >= 15 is 0 Å². The van der Waals surface area contributed by atoms with Crippen molar-refractivity contribution in [2.75, 3.05) is 6.54 Å². The third-order valence-electron chi connectivity index (χ3n) is 3.21. The molecule has 2 rings (SSSR count). The first kappa shape index (κ1) is 16.5. The zero-order valence-corrected chi connectivity index (χ0v) is 15.0. The Bertz CT molecular complexity index is 629. The standard InChI is InChI=1S/C15H16BrClN2OS/c1-15(2,12-4-3-10(16)5-13(12)17)8-18-14(20)6-11-7-21-9-19-11/h3-5,7,9H,6,8H2,1-2H3,(H,18,20).